The fourth-order valence-electron chi connectivity index (χ4n) is 2.17. The molecule has 1 saturated heterocycles. The van der Waals surface area contributed by atoms with Crippen LogP contribution in [0.4, 0.5) is 0 Å². The molecule has 0 amide bonds. The molecule has 1 fully saturated rings. The molecule has 1 aliphatic rings. The van der Waals surface area contributed by atoms with Gasteiger partial charge in [-0.3, -0.25) is 0 Å². The Bertz CT molecular complexity index is 289. The van der Waals surface area contributed by atoms with Crippen molar-refractivity contribution in [2.75, 3.05) is 13.1 Å². The molecular weight excluding hydrogens is 188 g/mol. The number of unbranched alkanes of at least 4 members (excludes halogenated alkanes) is 1. The van der Waals surface area contributed by atoms with Gasteiger partial charge in [-0.15, -0.1) is 10.2 Å². The fourth-order valence-corrected chi connectivity index (χ4v) is 2.17. The summed E-state index contributed by atoms with van der Waals surface area (Å²) in [4.78, 5) is 0. The first kappa shape index (κ1) is 10.6. The van der Waals surface area contributed by atoms with Crippen molar-refractivity contribution in [3.05, 3.63) is 12.2 Å². The van der Waals surface area contributed by atoms with Gasteiger partial charge >= 0.3 is 0 Å². The lowest BCUT2D eigenvalue weighted by atomic mass is 10.1. The zero-order valence-corrected chi connectivity index (χ0v) is 9.45. The van der Waals surface area contributed by atoms with Gasteiger partial charge in [0.25, 0.3) is 0 Å². The minimum atomic E-state index is 0.619. The molecule has 2 rings (SSSR count). The Labute approximate surface area is 91.1 Å². The Morgan fingerprint density at radius 1 is 1.47 bits per heavy atom. The van der Waals surface area contributed by atoms with Crippen LogP contribution in [0, 0.1) is 0 Å². The predicted octanol–water partition coefficient (Wildman–Crippen LogP) is 1.55. The first-order valence-electron chi connectivity index (χ1n) is 6.01. The molecule has 0 aliphatic carbocycles. The molecule has 1 N–H and O–H groups in total. The summed E-state index contributed by atoms with van der Waals surface area (Å²) in [6.07, 6.45) is 7.82. The van der Waals surface area contributed by atoms with Crippen LogP contribution in [0.3, 0.4) is 0 Å². The van der Waals surface area contributed by atoms with Gasteiger partial charge in [0.05, 0.1) is 0 Å². The van der Waals surface area contributed by atoms with Crippen molar-refractivity contribution in [3.63, 3.8) is 0 Å². The zero-order chi connectivity index (χ0) is 10.5. The van der Waals surface area contributed by atoms with E-state index in [0.29, 0.717) is 6.04 Å². The van der Waals surface area contributed by atoms with Gasteiger partial charge in [-0.25, -0.2) is 0 Å². The van der Waals surface area contributed by atoms with Crippen molar-refractivity contribution in [3.8, 4) is 0 Å². The van der Waals surface area contributed by atoms with Gasteiger partial charge < -0.3 is 9.88 Å². The molecule has 4 heteroatoms. The quantitative estimate of drug-likeness (QED) is 0.816. The van der Waals surface area contributed by atoms with Gasteiger partial charge in [0, 0.05) is 12.5 Å². The van der Waals surface area contributed by atoms with Gasteiger partial charge in [0.1, 0.15) is 12.2 Å². The van der Waals surface area contributed by atoms with E-state index in [1.165, 1.54) is 31.5 Å². The molecule has 2 heterocycles. The number of rotatable bonds is 4. The van der Waals surface area contributed by atoms with Crippen LogP contribution in [0.25, 0.3) is 0 Å². The third-order valence-electron chi connectivity index (χ3n) is 3.10. The first-order chi connectivity index (χ1) is 7.42. The molecule has 4 nitrogen and oxygen atoms in total. The number of aromatic nitrogens is 3. The lowest BCUT2D eigenvalue weighted by molar-refractivity contribution is 0.358. The molecule has 0 unspecified atom stereocenters. The van der Waals surface area contributed by atoms with Gasteiger partial charge in [-0.2, -0.15) is 0 Å². The molecule has 15 heavy (non-hydrogen) atoms. The molecule has 1 aromatic rings. The van der Waals surface area contributed by atoms with Crippen LogP contribution >= 0.6 is 0 Å². The number of aryl methyl sites for hydroxylation is 1. The van der Waals surface area contributed by atoms with Crippen LogP contribution in [0.2, 0.25) is 0 Å². The maximum atomic E-state index is 4.22. The number of hydrogen-bond acceptors (Lipinski definition) is 3. The van der Waals surface area contributed by atoms with Gasteiger partial charge in [0.15, 0.2) is 0 Å². The lowest BCUT2D eigenvalue weighted by Gasteiger charge is -2.24. The average molecular weight is 208 g/mol. The molecule has 1 aliphatic heterocycles. The van der Waals surface area contributed by atoms with Crippen LogP contribution < -0.4 is 5.32 Å². The summed E-state index contributed by atoms with van der Waals surface area (Å²) >= 11 is 0. The Balaban J connectivity index is 2.02. The predicted molar refractivity (Wildman–Crippen MR) is 59.8 cm³/mol. The van der Waals surface area contributed by atoms with Crippen molar-refractivity contribution in [1.82, 2.24) is 20.1 Å². The summed E-state index contributed by atoms with van der Waals surface area (Å²) in [6, 6.07) is 0.619. The monoisotopic (exact) mass is 208 g/mol. The maximum Gasteiger partial charge on any atom is 0.133 e. The molecule has 0 saturated carbocycles. The van der Waals surface area contributed by atoms with Crippen LogP contribution in [-0.4, -0.2) is 27.9 Å². The molecule has 1 aromatic heterocycles. The van der Waals surface area contributed by atoms with E-state index in [4.69, 9.17) is 0 Å². The summed E-state index contributed by atoms with van der Waals surface area (Å²) in [5.74, 6) is 1.17. The minimum absolute atomic E-state index is 0.619. The zero-order valence-electron chi connectivity index (χ0n) is 9.45. The molecular formula is C11H20N4. The Morgan fingerprint density at radius 2 is 2.27 bits per heavy atom. The third-order valence-corrected chi connectivity index (χ3v) is 3.10. The maximum absolute atomic E-state index is 4.22. The molecule has 0 spiro atoms. The number of nitrogens with zero attached hydrogens (tertiary/aromatic N) is 3. The van der Waals surface area contributed by atoms with E-state index in [0.717, 1.165) is 19.5 Å². The van der Waals surface area contributed by atoms with Crippen LogP contribution in [0.1, 0.15) is 44.5 Å². The van der Waals surface area contributed by atoms with E-state index in [2.05, 4.69) is 27.0 Å². The molecule has 84 valence electrons. The van der Waals surface area contributed by atoms with Crippen LogP contribution in [0.5, 0.6) is 0 Å². The smallest absolute Gasteiger partial charge is 0.133 e. The van der Waals surface area contributed by atoms with E-state index >= 15 is 0 Å². The van der Waals surface area contributed by atoms with E-state index < -0.39 is 0 Å². The van der Waals surface area contributed by atoms with Crippen molar-refractivity contribution in [1.29, 1.82) is 0 Å². The van der Waals surface area contributed by atoms with Crippen molar-refractivity contribution >= 4 is 0 Å². The highest BCUT2D eigenvalue weighted by Crippen LogP contribution is 2.19. The Kier molecular flexibility index (Phi) is 3.72. The second-order valence-corrected chi connectivity index (χ2v) is 4.24. The number of hydrogen-bond donors (Lipinski definition) is 1. The highest BCUT2D eigenvalue weighted by molar-refractivity contribution is 4.91. The molecule has 0 aromatic carbocycles. The van der Waals surface area contributed by atoms with Crippen molar-refractivity contribution in [2.45, 2.75) is 45.1 Å². The van der Waals surface area contributed by atoms with Gasteiger partial charge in [-0.1, -0.05) is 13.3 Å². The van der Waals surface area contributed by atoms with E-state index in [9.17, 15) is 0 Å². The lowest BCUT2D eigenvalue weighted by Crippen LogP contribution is -2.29. The third kappa shape index (κ3) is 2.56. The SMILES string of the molecule is CCCCc1nncn1C1CCNCC1. The fraction of sp³-hybridized carbons (Fsp3) is 0.818. The number of piperidine rings is 1. The molecule has 0 atom stereocenters. The summed E-state index contributed by atoms with van der Waals surface area (Å²) in [5, 5.41) is 11.6. The number of nitrogens with one attached hydrogen (secondary N) is 1. The summed E-state index contributed by atoms with van der Waals surface area (Å²) in [7, 11) is 0. The average Bonchev–Trinajstić information content (AvgIpc) is 2.75. The summed E-state index contributed by atoms with van der Waals surface area (Å²) < 4.78 is 2.29. The summed E-state index contributed by atoms with van der Waals surface area (Å²) in [6.45, 7) is 4.46. The second-order valence-electron chi connectivity index (χ2n) is 4.24. The van der Waals surface area contributed by atoms with Gasteiger partial charge in [0.2, 0.25) is 0 Å². The normalized spacial score (nSPS) is 18.2. The second kappa shape index (κ2) is 5.26. The largest absolute Gasteiger partial charge is 0.317 e. The topological polar surface area (TPSA) is 42.7 Å². The van der Waals surface area contributed by atoms with Crippen molar-refractivity contribution in [2.24, 2.45) is 0 Å². The van der Waals surface area contributed by atoms with E-state index in [1.54, 1.807) is 0 Å². The van der Waals surface area contributed by atoms with E-state index in [1.807, 2.05) is 6.33 Å². The van der Waals surface area contributed by atoms with E-state index in [-0.39, 0.29) is 0 Å². The first-order valence-corrected chi connectivity index (χ1v) is 6.01. The summed E-state index contributed by atoms with van der Waals surface area (Å²) in [5.41, 5.74) is 0. The van der Waals surface area contributed by atoms with Crippen LogP contribution in [-0.2, 0) is 6.42 Å². The Morgan fingerprint density at radius 3 is 3.00 bits per heavy atom. The van der Waals surface area contributed by atoms with Crippen LogP contribution in [0.15, 0.2) is 6.33 Å². The minimum Gasteiger partial charge on any atom is -0.317 e. The molecule has 0 bridgehead atoms. The highest BCUT2D eigenvalue weighted by atomic mass is 15.3. The highest BCUT2D eigenvalue weighted by Gasteiger charge is 2.17. The standard InChI is InChI=1S/C11H20N4/c1-2-3-4-11-14-13-9-15(11)10-5-7-12-8-6-10/h9-10,12H,2-8H2,1H3. The van der Waals surface area contributed by atoms with Crippen molar-refractivity contribution < 1.29 is 0 Å². The molecule has 0 radical (unpaired) electrons. The van der Waals surface area contributed by atoms with Gasteiger partial charge in [-0.05, 0) is 32.4 Å². The Hall–Kier alpha value is -0.900.